The van der Waals surface area contributed by atoms with Gasteiger partial charge in [-0.25, -0.2) is 4.39 Å². The van der Waals surface area contributed by atoms with Crippen LogP contribution in [0.1, 0.15) is 19.8 Å². The van der Waals surface area contributed by atoms with Crippen LogP contribution in [0.25, 0.3) is 0 Å². The van der Waals surface area contributed by atoms with Crippen molar-refractivity contribution in [1.29, 1.82) is 0 Å². The van der Waals surface area contributed by atoms with Crippen molar-refractivity contribution in [3.8, 4) is 0 Å². The first-order valence-electron chi connectivity index (χ1n) is 8.11. The molecule has 124 valence electrons. The number of halogens is 1. The summed E-state index contributed by atoms with van der Waals surface area (Å²) in [5.74, 6) is 0.753. The summed E-state index contributed by atoms with van der Waals surface area (Å²) in [5, 5.41) is 15.7. The third-order valence-corrected chi connectivity index (χ3v) is 4.27. The summed E-state index contributed by atoms with van der Waals surface area (Å²) in [6, 6.07) is 6.12. The van der Waals surface area contributed by atoms with Crippen LogP contribution in [0.5, 0.6) is 0 Å². The molecule has 3 heterocycles. The maximum Gasteiger partial charge on any atom is 0.151 e. The average Bonchev–Trinajstić information content (AvgIpc) is 3.21. The van der Waals surface area contributed by atoms with Crippen molar-refractivity contribution in [3.05, 3.63) is 36.8 Å². The number of hydrogen-bond acceptors (Lipinski definition) is 5. The van der Waals surface area contributed by atoms with Gasteiger partial charge in [0.1, 0.15) is 6.17 Å². The fourth-order valence-corrected chi connectivity index (χ4v) is 2.98. The number of anilines is 1. The highest BCUT2D eigenvalue weighted by Gasteiger charge is 2.33. The Morgan fingerprint density at radius 3 is 3.04 bits per heavy atom. The van der Waals surface area contributed by atoms with Gasteiger partial charge in [-0.15, -0.1) is 5.10 Å². The summed E-state index contributed by atoms with van der Waals surface area (Å²) < 4.78 is 15.8. The number of rotatable bonds is 7. The molecule has 1 N–H and O–H groups in total. The minimum absolute atomic E-state index is 0.119. The highest BCUT2D eigenvalue weighted by Crippen LogP contribution is 2.24. The predicted molar refractivity (Wildman–Crippen MR) is 87.0 cm³/mol. The van der Waals surface area contributed by atoms with Crippen LogP contribution in [-0.2, 0) is 6.54 Å². The molecule has 1 unspecified atom stereocenters. The molecular formula is C16H23FN6. The molecular weight excluding hydrogens is 295 g/mol. The highest BCUT2D eigenvalue weighted by molar-refractivity contribution is 5.40. The number of aryl methyl sites for hydroxylation is 1. The Hall–Kier alpha value is -2.02. The lowest BCUT2D eigenvalue weighted by molar-refractivity contribution is 0.351. The minimum Gasteiger partial charge on any atom is -0.348 e. The Morgan fingerprint density at radius 1 is 1.39 bits per heavy atom. The molecule has 0 amide bonds. The molecule has 0 radical (unpaired) electrons. The Bertz CT molecular complexity index is 576. The minimum atomic E-state index is -0.803. The second kappa shape index (κ2) is 7.50. The maximum absolute atomic E-state index is 13.8. The van der Waals surface area contributed by atoms with Crippen molar-refractivity contribution in [3.63, 3.8) is 0 Å². The molecule has 1 aliphatic rings. The molecule has 0 aliphatic carbocycles. The van der Waals surface area contributed by atoms with E-state index >= 15 is 0 Å². The Morgan fingerprint density at radius 2 is 2.30 bits per heavy atom. The van der Waals surface area contributed by atoms with E-state index in [2.05, 4.69) is 27.5 Å². The van der Waals surface area contributed by atoms with Crippen LogP contribution in [0.15, 0.2) is 36.8 Å². The summed E-state index contributed by atoms with van der Waals surface area (Å²) in [6.45, 7) is 4.17. The van der Waals surface area contributed by atoms with Crippen molar-refractivity contribution in [2.45, 2.75) is 44.6 Å². The molecule has 1 saturated heterocycles. The van der Waals surface area contributed by atoms with Crippen molar-refractivity contribution in [1.82, 2.24) is 25.3 Å². The molecule has 6 nitrogen and oxygen atoms in total. The van der Waals surface area contributed by atoms with Gasteiger partial charge in [0.2, 0.25) is 0 Å². The highest BCUT2D eigenvalue weighted by atomic mass is 19.1. The van der Waals surface area contributed by atoms with Gasteiger partial charge in [-0.2, -0.15) is 10.2 Å². The molecule has 0 spiro atoms. The smallest absolute Gasteiger partial charge is 0.151 e. The Kier molecular flexibility index (Phi) is 5.17. The standard InChI is InChI=1S/C16H23FN6/c1-13(5-9-22-8-3-7-20-22)18-11-15-10-14(17)12-23(15)16-4-2-6-19-21-16/h2-4,6-8,13-15,18H,5,9-12H2,1H3/t13?,14-,15-/m0/s1. The van der Waals surface area contributed by atoms with Crippen molar-refractivity contribution < 1.29 is 4.39 Å². The van der Waals surface area contributed by atoms with E-state index in [4.69, 9.17) is 0 Å². The van der Waals surface area contributed by atoms with Gasteiger partial charge in [0, 0.05) is 50.2 Å². The van der Waals surface area contributed by atoms with E-state index in [1.807, 2.05) is 34.0 Å². The van der Waals surface area contributed by atoms with E-state index in [9.17, 15) is 4.39 Å². The van der Waals surface area contributed by atoms with Crippen LogP contribution in [0.3, 0.4) is 0 Å². The molecule has 3 atom stereocenters. The van der Waals surface area contributed by atoms with Gasteiger partial charge in [-0.1, -0.05) is 0 Å². The largest absolute Gasteiger partial charge is 0.348 e. The first-order chi connectivity index (χ1) is 11.2. The Labute approximate surface area is 135 Å². The van der Waals surface area contributed by atoms with Crippen molar-refractivity contribution in [2.75, 3.05) is 18.0 Å². The molecule has 3 rings (SSSR count). The second-order valence-electron chi connectivity index (χ2n) is 6.09. The molecule has 2 aromatic rings. The molecule has 1 fully saturated rings. The lowest BCUT2D eigenvalue weighted by atomic mass is 10.1. The van der Waals surface area contributed by atoms with Crippen LogP contribution in [-0.4, -0.2) is 51.3 Å². The number of alkyl halides is 1. The summed E-state index contributed by atoms with van der Waals surface area (Å²) in [7, 11) is 0. The number of nitrogens with zero attached hydrogens (tertiary/aromatic N) is 5. The lowest BCUT2D eigenvalue weighted by Crippen LogP contribution is -2.41. The SMILES string of the molecule is CC(CCn1cccn1)NC[C@@H]1C[C@H](F)CN1c1cccnn1. The molecule has 0 aromatic carbocycles. The van der Waals surface area contributed by atoms with Gasteiger partial charge >= 0.3 is 0 Å². The quantitative estimate of drug-likeness (QED) is 0.841. The van der Waals surface area contributed by atoms with Crippen molar-refractivity contribution >= 4 is 5.82 Å². The van der Waals surface area contributed by atoms with E-state index < -0.39 is 6.17 Å². The topological polar surface area (TPSA) is 58.9 Å². The molecule has 1 aliphatic heterocycles. The van der Waals surface area contributed by atoms with Crippen LogP contribution >= 0.6 is 0 Å². The number of aromatic nitrogens is 4. The zero-order valence-corrected chi connectivity index (χ0v) is 13.3. The third-order valence-electron chi connectivity index (χ3n) is 4.27. The monoisotopic (exact) mass is 318 g/mol. The first-order valence-corrected chi connectivity index (χ1v) is 8.11. The summed E-state index contributed by atoms with van der Waals surface area (Å²) in [6.07, 6.45) is 6.11. The third kappa shape index (κ3) is 4.25. The van der Waals surface area contributed by atoms with E-state index in [1.165, 1.54) is 0 Å². The zero-order valence-electron chi connectivity index (χ0n) is 13.3. The average molecular weight is 318 g/mol. The fraction of sp³-hybridized carbons (Fsp3) is 0.562. The van der Waals surface area contributed by atoms with Gasteiger partial charge < -0.3 is 10.2 Å². The zero-order chi connectivity index (χ0) is 16.1. The van der Waals surface area contributed by atoms with Crippen LogP contribution in [0.4, 0.5) is 10.2 Å². The first kappa shape index (κ1) is 15.9. The van der Waals surface area contributed by atoms with Gasteiger partial charge in [0.05, 0.1) is 6.54 Å². The molecule has 0 saturated carbocycles. The predicted octanol–water partition coefficient (Wildman–Crippen LogP) is 1.66. The van der Waals surface area contributed by atoms with Gasteiger partial charge in [-0.3, -0.25) is 4.68 Å². The van der Waals surface area contributed by atoms with Crippen molar-refractivity contribution in [2.24, 2.45) is 0 Å². The van der Waals surface area contributed by atoms with Crippen LogP contribution in [0, 0.1) is 0 Å². The molecule has 7 heteroatoms. The fourth-order valence-electron chi connectivity index (χ4n) is 2.98. The molecule has 0 bridgehead atoms. The van der Waals surface area contributed by atoms with Gasteiger partial charge in [0.25, 0.3) is 0 Å². The summed E-state index contributed by atoms with van der Waals surface area (Å²) >= 11 is 0. The summed E-state index contributed by atoms with van der Waals surface area (Å²) in [5.41, 5.74) is 0. The van der Waals surface area contributed by atoms with E-state index in [0.29, 0.717) is 19.0 Å². The number of hydrogen-bond donors (Lipinski definition) is 1. The van der Waals surface area contributed by atoms with E-state index in [-0.39, 0.29) is 6.04 Å². The lowest BCUT2D eigenvalue weighted by Gasteiger charge is -2.26. The van der Waals surface area contributed by atoms with Gasteiger partial charge in [-0.05, 0) is 31.5 Å². The summed E-state index contributed by atoms with van der Waals surface area (Å²) in [4.78, 5) is 2.02. The van der Waals surface area contributed by atoms with E-state index in [0.717, 1.165) is 25.3 Å². The maximum atomic E-state index is 13.8. The number of nitrogens with one attached hydrogen (secondary N) is 1. The van der Waals surface area contributed by atoms with E-state index in [1.54, 1.807) is 12.4 Å². The molecule has 2 aromatic heterocycles. The van der Waals surface area contributed by atoms with Crippen LogP contribution < -0.4 is 10.2 Å². The normalized spacial score (nSPS) is 22.4. The molecule has 23 heavy (non-hydrogen) atoms. The van der Waals surface area contributed by atoms with Crippen LogP contribution in [0.2, 0.25) is 0 Å². The Balaban J connectivity index is 1.49. The second-order valence-corrected chi connectivity index (χ2v) is 6.09. The van der Waals surface area contributed by atoms with Gasteiger partial charge in [0.15, 0.2) is 5.82 Å².